The van der Waals surface area contributed by atoms with Crippen LogP contribution >= 0.6 is 34.8 Å². The minimum atomic E-state index is -1.18. The van der Waals surface area contributed by atoms with E-state index in [1.165, 1.54) is 7.11 Å². The highest BCUT2D eigenvalue weighted by molar-refractivity contribution is 6.36. The Balaban J connectivity index is 1.59. The van der Waals surface area contributed by atoms with Crippen molar-refractivity contribution in [1.82, 2.24) is 15.1 Å². The molecule has 1 aromatic heterocycles. The van der Waals surface area contributed by atoms with E-state index in [4.69, 9.17) is 39.5 Å². The van der Waals surface area contributed by atoms with Gasteiger partial charge in [0.25, 0.3) is 0 Å². The maximum atomic E-state index is 11.2. The highest BCUT2D eigenvalue weighted by atomic mass is 35.5. The van der Waals surface area contributed by atoms with E-state index < -0.39 is 5.60 Å². The number of aromatic nitrogens is 2. The molecular formula is C24H25Cl3N4O2. The van der Waals surface area contributed by atoms with Crippen molar-refractivity contribution in [2.45, 2.75) is 18.6 Å². The van der Waals surface area contributed by atoms with Crippen molar-refractivity contribution in [1.29, 1.82) is 0 Å². The molecule has 0 saturated carbocycles. The van der Waals surface area contributed by atoms with Crippen LogP contribution in [-0.2, 0) is 5.60 Å². The molecule has 0 bridgehead atoms. The van der Waals surface area contributed by atoms with Gasteiger partial charge in [0.05, 0.1) is 29.6 Å². The van der Waals surface area contributed by atoms with E-state index in [-0.39, 0.29) is 6.04 Å². The largest absolute Gasteiger partial charge is 0.480 e. The van der Waals surface area contributed by atoms with E-state index in [0.717, 1.165) is 24.3 Å². The second-order valence-corrected chi connectivity index (χ2v) is 9.61. The van der Waals surface area contributed by atoms with Crippen LogP contribution in [0.25, 0.3) is 0 Å². The lowest BCUT2D eigenvalue weighted by molar-refractivity contribution is 0.00596. The topological polar surface area (TPSA) is 61.7 Å². The van der Waals surface area contributed by atoms with E-state index >= 15 is 0 Å². The summed E-state index contributed by atoms with van der Waals surface area (Å²) in [6.07, 6.45) is 0. The number of ether oxygens (including phenoxy) is 1. The predicted octanol–water partition coefficient (Wildman–Crippen LogP) is 5.22. The number of hydrogen-bond donors (Lipinski definition) is 1. The first-order chi connectivity index (χ1) is 15.8. The van der Waals surface area contributed by atoms with Crippen molar-refractivity contribution >= 4 is 40.5 Å². The van der Waals surface area contributed by atoms with Gasteiger partial charge in [-0.2, -0.15) is 0 Å². The number of benzene rings is 2. The van der Waals surface area contributed by atoms with Crippen LogP contribution in [0, 0.1) is 0 Å². The first-order valence-electron chi connectivity index (χ1n) is 10.6. The molecule has 0 spiro atoms. The average Bonchev–Trinajstić information content (AvgIpc) is 2.80. The fourth-order valence-corrected chi connectivity index (χ4v) is 4.83. The third-order valence-electron chi connectivity index (χ3n) is 5.87. The van der Waals surface area contributed by atoms with Crippen molar-refractivity contribution < 1.29 is 9.84 Å². The summed E-state index contributed by atoms with van der Waals surface area (Å²) in [7, 11) is 1.53. The van der Waals surface area contributed by atoms with Crippen LogP contribution in [0.3, 0.4) is 0 Å². The van der Waals surface area contributed by atoms with Gasteiger partial charge in [0, 0.05) is 42.3 Å². The van der Waals surface area contributed by atoms with Gasteiger partial charge in [-0.05, 0) is 48.9 Å². The summed E-state index contributed by atoms with van der Waals surface area (Å²) in [6.45, 7) is 4.30. The SMILES string of the molecule is COc1ccc([C@](C)(O)CN2CCN(c3ccc(Cl)cc3Cl)[C@H](c3ccc(Cl)cc3)C2)nn1. The molecule has 2 aromatic carbocycles. The number of methoxy groups -OCH3 is 1. The number of piperazine rings is 1. The number of nitrogens with zero attached hydrogens (tertiary/aromatic N) is 4. The fraction of sp³-hybridized carbons (Fsp3) is 0.333. The molecule has 1 N–H and O–H groups in total. The van der Waals surface area contributed by atoms with Crippen LogP contribution in [0.2, 0.25) is 15.1 Å². The lowest BCUT2D eigenvalue weighted by Crippen LogP contribution is -2.52. The molecule has 0 unspecified atom stereocenters. The molecule has 0 amide bonds. The van der Waals surface area contributed by atoms with E-state index in [9.17, 15) is 5.11 Å². The normalized spacial score (nSPS) is 18.7. The number of anilines is 1. The summed E-state index contributed by atoms with van der Waals surface area (Å²) in [4.78, 5) is 4.51. The first kappa shape index (κ1) is 24.0. The molecular weight excluding hydrogens is 483 g/mol. The molecule has 174 valence electrons. The van der Waals surface area contributed by atoms with Gasteiger partial charge < -0.3 is 14.7 Å². The first-order valence-corrected chi connectivity index (χ1v) is 11.7. The van der Waals surface area contributed by atoms with Crippen molar-refractivity contribution in [3.63, 3.8) is 0 Å². The monoisotopic (exact) mass is 506 g/mol. The summed E-state index contributed by atoms with van der Waals surface area (Å²) in [5.74, 6) is 0.408. The van der Waals surface area contributed by atoms with Crippen LogP contribution in [0.5, 0.6) is 5.88 Å². The molecule has 2 atom stereocenters. The second kappa shape index (κ2) is 10.0. The molecule has 1 fully saturated rings. The quantitative estimate of drug-likeness (QED) is 0.494. The van der Waals surface area contributed by atoms with E-state index in [1.54, 1.807) is 25.1 Å². The summed E-state index contributed by atoms with van der Waals surface area (Å²) in [5.41, 5.74) is 1.35. The predicted molar refractivity (Wildman–Crippen MR) is 133 cm³/mol. The van der Waals surface area contributed by atoms with Gasteiger partial charge in [-0.25, -0.2) is 0 Å². The van der Waals surface area contributed by atoms with E-state index in [2.05, 4.69) is 20.0 Å². The van der Waals surface area contributed by atoms with Gasteiger partial charge in [0.2, 0.25) is 5.88 Å². The molecule has 33 heavy (non-hydrogen) atoms. The highest BCUT2D eigenvalue weighted by Crippen LogP contribution is 2.37. The van der Waals surface area contributed by atoms with Crippen molar-refractivity contribution in [3.05, 3.63) is 80.9 Å². The number of aliphatic hydroxyl groups is 1. The van der Waals surface area contributed by atoms with Gasteiger partial charge in [0.15, 0.2) is 0 Å². The number of hydrogen-bond acceptors (Lipinski definition) is 6. The number of rotatable bonds is 6. The molecule has 3 aromatic rings. The van der Waals surface area contributed by atoms with Crippen molar-refractivity contribution in [2.24, 2.45) is 0 Å². The van der Waals surface area contributed by atoms with Gasteiger partial charge in [0.1, 0.15) is 5.60 Å². The molecule has 2 heterocycles. The summed E-state index contributed by atoms with van der Waals surface area (Å²) >= 11 is 18.8. The Labute approximate surface area is 208 Å². The lowest BCUT2D eigenvalue weighted by Gasteiger charge is -2.45. The average molecular weight is 508 g/mol. The third kappa shape index (κ3) is 5.53. The summed E-state index contributed by atoms with van der Waals surface area (Å²) < 4.78 is 5.07. The van der Waals surface area contributed by atoms with Gasteiger partial charge in [-0.15, -0.1) is 10.2 Å². The zero-order valence-electron chi connectivity index (χ0n) is 18.4. The van der Waals surface area contributed by atoms with E-state index in [1.807, 2.05) is 36.4 Å². The molecule has 0 aliphatic carbocycles. The maximum absolute atomic E-state index is 11.2. The molecule has 4 rings (SSSR count). The minimum Gasteiger partial charge on any atom is -0.480 e. The third-order valence-corrected chi connectivity index (χ3v) is 6.66. The van der Waals surface area contributed by atoms with Crippen LogP contribution in [-0.4, -0.2) is 53.5 Å². The summed E-state index contributed by atoms with van der Waals surface area (Å²) in [6, 6.07) is 16.8. The number of β-amino-alcohol motifs (C(OH)–C–C–N with tert-alkyl or cyclic N) is 1. The fourth-order valence-electron chi connectivity index (χ4n) is 4.19. The molecule has 0 radical (unpaired) electrons. The molecule has 6 nitrogen and oxygen atoms in total. The van der Waals surface area contributed by atoms with E-state index in [0.29, 0.717) is 39.7 Å². The Morgan fingerprint density at radius 2 is 1.73 bits per heavy atom. The van der Waals surface area contributed by atoms with Gasteiger partial charge in [-0.1, -0.05) is 46.9 Å². The van der Waals surface area contributed by atoms with Crippen molar-refractivity contribution in [3.8, 4) is 5.88 Å². The Kier molecular flexibility index (Phi) is 7.31. The van der Waals surface area contributed by atoms with Crippen molar-refractivity contribution in [2.75, 3.05) is 38.2 Å². The molecule has 1 aliphatic heterocycles. The van der Waals surface area contributed by atoms with Crippen LogP contribution in [0.4, 0.5) is 5.69 Å². The highest BCUT2D eigenvalue weighted by Gasteiger charge is 2.35. The smallest absolute Gasteiger partial charge is 0.233 e. The number of halogens is 3. The van der Waals surface area contributed by atoms with Gasteiger partial charge >= 0.3 is 0 Å². The zero-order valence-corrected chi connectivity index (χ0v) is 20.6. The molecule has 9 heteroatoms. The molecule has 1 aliphatic rings. The zero-order chi connectivity index (χ0) is 23.6. The Bertz CT molecular complexity index is 1090. The standard InChI is InChI=1S/C24H25Cl3N4O2/c1-24(32,22-9-10-23(33-2)29-28-22)15-30-11-12-31(20-8-7-18(26)13-19(20)27)21(14-30)16-3-5-17(25)6-4-16/h3-10,13,21,32H,11-12,14-15H2,1-2H3/t21-,24+/m0/s1. The maximum Gasteiger partial charge on any atom is 0.233 e. The Hall–Kier alpha value is -2.09. The second-order valence-electron chi connectivity index (χ2n) is 8.33. The summed E-state index contributed by atoms with van der Waals surface area (Å²) in [5, 5.41) is 21.2. The molecule has 1 saturated heterocycles. The van der Waals surface area contributed by atoms with Gasteiger partial charge in [-0.3, -0.25) is 4.90 Å². The lowest BCUT2D eigenvalue weighted by atomic mass is 9.97. The van der Waals surface area contributed by atoms with Crippen LogP contribution < -0.4 is 9.64 Å². The Morgan fingerprint density at radius 1 is 1.00 bits per heavy atom. The van der Waals surface area contributed by atoms with Crippen LogP contribution in [0.15, 0.2) is 54.6 Å². The van der Waals surface area contributed by atoms with Crippen LogP contribution in [0.1, 0.15) is 24.2 Å². The minimum absolute atomic E-state index is 0.00689. The Morgan fingerprint density at radius 3 is 2.36 bits per heavy atom.